The second kappa shape index (κ2) is 5.14. The molecule has 0 amide bonds. The van der Waals surface area contributed by atoms with Gasteiger partial charge in [-0.1, -0.05) is 12.1 Å². The molecular weight excluding hydrogens is 246 g/mol. The van der Waals surface area contributed by atoms with E-state index in [1.165, 1.54) is 6.20 Å². The molecule has 0 fully saturated rings. The zero-order chi connectivity index (χ0) is 13.8. The average Bonchev–Trinajstić information content (AvgIpc) is 2.39. The van der Waals surface area contributed by atoms with Crippen LogP contribution in [-0.2, 0) is 0 Å². The maximum absolute atomic E-state index is 10.8. The number of benzene rings is 1. The normalized spacial score (nSPS) is 9.68. The van der Waals surface area contributed by atoms with E-state index in [1.807, 2.05) is 6.07 Å². The Hall–Kier alpha value is -2.94. The molecule has 0 radical (unpaired) electrons. The molecule has 0 aliphatic carbocycles. The fraction of sp³-hybridized carbons (Fsp3) is 0.0769. The van der Waals surface area contributed by atoms with E-state index in [4.69, 9.17) is 15.1 Å². The molecule has 0 aliphatic rings. The standard InChI is InChI=1S/C13H9N3O3/c1-8-10(12(17)18)7-15-13(16-8)19-11-5-3-2-4-9(11)6-14/h2-5,7H,1H3,(H,17,18). The van der Waals surface area contributed by atoms with Gasteiger partial charge >= 0.3 is 12.0 Å². The average molecular weight is 255 g/mol. The minimum absolute atomic E-state index is 0.00481. The fourth-order valence-electron chi connectivity index (χ4n) is 1.45. The van der Waals surface area contributed by atoms with Crippen LogP contribution < -0.4 is 4.74 Å². The summed E-state index contributed by atoms with van der Waals surface area (Å²) in [6, 6.07) is 8.64. The van der Waals surface area contributed by atoms with Gasteiger partial charge in [-0.05, 0) is 19.1 Å². The first-order valence-corrected chi connectivity index (χ1v) is 5.35. The van der Waals surface area contributed by atoms with Crippen LogP contribution in [0.1, 0.15) is 21.6 Å². The number of ether oxygens (including phenoxy) is 1. The van der Waals surface area contributed by atoms with Gasteiger partial charge in [-0.3, -0.25) is 0 Å². The van der Waals surface area contributed by atoms with Crippen molar-refractivity contribution in [3.63, 3.8) is 0 Å². The van der Waals surface area contributed by atoms with Crippen molar-refractivity contribution < 1.29 is 14.6 Å². The lowest BCUT2D eigenvalue weighted by atomic mass is 10.2. The van der Waals surface area contributed by atoms with Gasteiger partial charge in [-0.2, -0.15) is 10.2 Å². The second-order valence-corrected chi connectivity index (χ2v) is 3.67. The molecular formula is C13H9N3O3. The highest BCUT2D eigenvalue weighted by atomic mass is 16.5. The van der Waals surface area contributed by atoms with E-state index in [0.29, 0.717) is 17.0 Å². The minimum atomic E-state index is -1.10. The molecule has 0 bridgehead atoms. The smallest absolute Gasteiger partial charge is 0.339 e. The zero-order valence-electron chi connectivity index (χ0n) is 9.99. The Morgan fingerprint density at radius 1 is 1.42 bits per heavy atom. The summed E-state index contributed by atoms with van der Waals surface area (Å²) < 4.78 is 5.38. The maximum Gasteiger partial charge on any atom is 0.339 e. The van der Waals surface area contributed by atoms with Crippen molar-refractivity contribution in [2.45, 2.75) is 6.92 Å². The molecule has 1 aromatic heterocycles. The van der Waals surface area contributed by atoms with Crippen LogP contribution in [0.2, 0.25) is 0 Å². The number of hydrogen-bond acceptors (Lipinski definition) is 5. The highest BCUT2D eigenvalue weighted by Gasteiger charge is 2.12. The van der Waals surface area contributed by atoms with Gasteiger partial charge in [0.2, 0.25) is 0 Å². The largest absolute Gasteiger partial charge is 0.478 e. The fourth-order valence-corrected chi connectivity index (χ4v) is 1.45. The number of nitriles is 1. The van der Waals surface area contributed by atoms with E-state index in [2.05, 4.69) is 9.97 Å². The van der Waals surface area contributed by atoms with Crippen molar-refractivity contribution in [1.82, 2.24) is 9.97 Å². The first-order chi connectivity index (χ1) is 9.11. The molecule has 1 N–H and O–H groups in total. The number of carboxylic acids is 1. The number of rotatable bonds is 3. The summed E-state index contributed by atoms with van der Waals surface area (Å²) in [5.74, 6) is -0.769. The molecule has 1 aromatic carbocycles. The predicted molar refractivity (Wildman–Crippen MR) is 65.0 cm³/mol. The molecule has 6 nitrogen and oxygen atoms in total. The van der Waals surface area contributed by atoms with Crippen molar-refractivity contribution in [2.24, 2.45) is 0 Å². The van der Waals surface area contributed by atoms with E-state index in [0.717, 1.165) is 0 Å². The Morgan fingerprint density at radius 3 is 2.79 bits per heavy atom. The Balaban J connectivity index is 2.32. The number of carboxylic acid groups (broad SMARTS) is 1. The highest BCUT2D eigenvalue weighted by molar-refractivity contribution is 5.88. The van der Waals surface area contributed by atoms with Gasteiger partial charge < -0.3 is 9.84 Å². The van der Waals surface area contributed by atoms with Crippen LogP contribution in [-0.4, -0.2) is 21.0 Å². The lowest BCUT2D eigenvalue weighted by molar-refractivity contribution is 0.0695. The van der Waals surface area contributed by atoms with Gasteiger partial charge in [0, 0.05) is 6.20 Å². The summed E-state index contributed by atoms with van der Waals surface area (Å²) in [5, 5.41) is 17.8. The molecule has 2 aromatic rings. The van der Waals surface area contributed by atoms with Crippen LogP contribution in [0.4, 0.5) is 0 Å². The first kappa shape index (κ1) is 12.5. The molecule has 2 rings (SSSR count). The van der Waals surface area contributed by atoms with Crippen LogP contribution >= 0.6 is 0 Å². The number of para-hydroxylation sites is 1. The summed E-state index contributed by atoms with van der Waals surface area (Å²) in [6.07, 6.45) is 1.18. The van der Waals surface area contributed by atoms with Gasteiger partial charge in [0.25, 0.3) is 0 Å². The quantitative estimate of drug-likeness (QED) is 0.902. The van der Waals surface area contributed by atoms with Crippen LogP contribution in [0.3, 0.4) is 0 Å². The molecule has 94 valence electrons. The van der Waals surface area contributed by atoms with Gasteiger partial charge in [0.15, 0.2) is 0 Å². The Kier molecular flexibility index (Phi) is 3.39. The van der Waals surface area contributed by atoms with Crippen LogP contribution in [0.25, 0.3) is 0 Å². The number of carbonyl (C=O) groups is 1. The Bertz CT molecular complexity index is 677. The molecule has 0 unspecified atom stereocenters. The minimum Gasteiger partial charge on any atom is -0.478 e. The van der Waals surface area contributed by atoms with Gasteiger partial charge in [-0.15, -0.1) is 0 Å². The number of aromatic nitrogens is 2. The van der Waals surface area contributed by atoms with Crippen LogP contribution in [0.15, 0.2) is 30.5 Å². The lowest BCUT2D eigenvalue weighted by Crippen LogP contribution is -2.04. The first-order valence-electron chi connectivity index (χ1n) is 5.35. The summed E-state index contributed by atoms with van der Waals surface area (Å²) in [6.45, 7) is 1.55. The molecule has 0 aliphatic heterocycles. The summed E-state index contributed by atoms with van der Waals surface area (Å²) in [7, 11) is 0. The van der Waals surface area contributed by atoms with Gasteiger partial charge in [-0.25, -0.2) is 9.78 Å². The van der Waals surface area contributed by atoms with Crippen LogP contribution in [0.5, 0.6) is 11.8 Å². The van der Waals surface area contributed by atoms with Gasteiger partial charge in [0.05, 0.1) is 16.8 Å². The van der Waals surface area contributed by atoms with E-state index < -0.39 is 5.97 Å². The van der Waals surface area contributed by atoms with E-state index >= 15 is 0 Å². The summed E-state index contributed by atoms with van der Waals surface area (Å²) in [5.41, 5.74) is 0.666. The highest BCUT2D eigenvalue weighted by Crippen LogP contribution is 2.22. The maximum atomic E-state index is 10.8. The van der Waals surface area contributed by atoms with Crippen molar-refractivity contribution in [3.05, 3.63) is 47.3 Å². The molecule has 0 saturated heterocycles. The van der Waals surface area contributed by atoms with Gasteiger partial charge in [0.1, 0.15) is 11.8 Å². The number of aryl methyl sites for hydroxylation is 1. The summed E-state index contributed by atoms with van der Waals surface area (Å²) >= 11 is 0. The lowest BCUT2D eigenvalue weighted by Gasteiger charge is -2.06. The van der Waals surface area contributed by atoms with Crippen molar-refractivity contribution in [3.8, 4) is 17.8 Å². The van der Waals surface area contributed by atoms with Crippen molar-refractivity contribution in [2.75, 3.05) is 0 Å². The van der Waals surface area contributed by atoms with Crippen LogP contribution in [0, 0.1) is 18.3 Å². The Morgan fingerprint density at radius 2 is 2.16 bits per heavy atom. The molecule has 6 heteroatoms. The molecule has 0 spiro atoms. The summed E-state index contributed by atoms with van der Waals surface area (Å²) in [4.78, 5) is 18.6. The van der Waals surface area contributed by atoms with E-state index in [9.17, 15) is 4.79 Å². The third kappa shape index (κ3) is 2.66. The third-order valence-electron chi connectivity index (χ3n) is 2.40. The topological polar surface area (TPSA) is 96.1 Å². The number of nitrogens with zero attached hydrogens (tertiary/aromatic N) is 3. The molecule has 1 heterocycles. The number of hydrogen-bond donors (Lipinski definition) is 1. The second-order valence-electron chi connectivity index (χ2n) is 3.67. The zero-order valence-corrected chi connectivity index (χ0v) is 9.99. The SMILES string of the molecule is Cc1nc(Oc2ccccc2C#N)ncc1C(=O)O. The molecule has 0 saturated carbocycles. The van der Waals surface area contributed by atoms with Crippen molar-refractivity contribution >= 4 is 5.97 Å². The number of aromatic carboxylic acids is 1. The monoisotopic (exact) mass is 255 g/mol. The van der Waals surface area contributed by atoms with Crippen molar-refractivity contribution in [1.29, 1.82) is 5.26 Å². The molecule has 19 heavy (non-hydrogen) atoms. The van der Waals surface area contributed by atoms with E-state index in [-0.39, 0.29) is 11.6 Å². The third-order valence-corrected chi connectivity index (χ3v) is 2.40. The predicted octanol–water partition coefficient (Wildman–Crippen LogP) is 2.15. The Labute approximate surface area is 108 Å². The van der Waals surface area contributed by atoms with E-state index in [1.54, 1.807) is 31.2 Å². The molecule has 0 atom stereocenters.